The smallest absolute Gasteiger partial charge is 0.258 e. The Morgan fingerprint density at radius 3 is 2.84 bits per heavy atom. The molecule has 1 unspecified atom stereocenters. The Balaban J connectivity index is 2.59. The van der Waals surface area contributed by atoms with Crippen molar-refractivity contribution in [2.24, 2.45) is 0 Å². The molecule has 0 saturated heterocycles. The number of amides is 1. The Morgan fingerprint density at radius 1 is 1.47 bits per heavy atom. The van der Waals surface area contributed by atoms with Gasteiger partial charge in [-0.2, -0.15) is 0 Å². The molecule has 0 fully saturated rings. The van der Waals surface area contributed by atoms with Gasteiger partial charge >= 0.3 is 0 Å². The van der Waals surface area contributed by atoms with Gasteiger partial charge in [0.1, 0.15) is 17.1 Å². The van der Waals surface area contributed by atoms with Gasteiger partial charge < -0.3 is 19.9 Å². The standard InChI is InChI=1S/C13H18FNO4/c1-18-8-9(16)6-7-15-13(17)12-10(14)4-3-5-11(12)19-2/h3-5,9,16H,6-8H2,1-2H3,(H,15,17). The van der Waals surface area contributed by atoms with E-state index in [4.69, 9.17) is 9.47 Å². The molecule has 106 valence electrons. The second-order valence-electron chi connectivity index (χ2n) is 3.97. The van der Waals surface area contributed by atoms with Crippen molar-refractivity contribution in [2.75, 3.05) is 27.4 Å². The fraction of sp³-hybridized carbons (Fsp3) is 0.462. The summed E-state index contributed by atoms with van der Waals surface area (Å²) in [6.45, 7) is 0.416. The molecule has 19 heavy (non-hydrogen) atoms. The lowest BCUT2D eigenvalue weighted by atomic mass is 10.1. The highest BCUT2D eigenvalue weighted by Gasteiger charge is 2.17. The van der Waals surface area contributed by atoms with Crippen LogP contribution in [0.15, 0.2) is 18.2 Å². The second kappa shape index (κ2) is 7.70. The molecule has 1 aromatic carbocycles. The summed E-state index contributed by atoms with van der Waals surface area (Å²) in [7, 11) is 2.85. The van der Waals surface area contributed by atoms with E-state index in [1.165, 1.54) is 32.4 Å². The monoisotopic (exact) mass is 271 g/mol. The van der Waals surface area contributed by atoms with Crippen LogP contribution in [-0.4, -0.2) is 44.5 Å². The summed E-state index contributed by atoms with van der Waals surface area (Å²) in [5.74, 6) is -1.04. The highest BCUT2D eigenvalue weighted by molar-refractivity contribution is 5.97. The summed E-state index contributed by atoms with van der Waals surface area (Å²) in [5, 5.41) is 11.9. The van der Waals surface area contributed by atoms with Crippen LogP contribution in [0.1, 0.15) is 16.8 Å². The number of rotatable bonds is 7. The van der Waals surface area contributed by atoms with Crippen molar-refractivity contribution in [3.05, 3.63) is 29.6 Å². The molecule has 0 bridgehead atoms. The number of hydrogen-bond donors (Lipinski definition) is 2. The van der Waals surface area contributed by atoms with Crippen molar-refractivity contribution in [1.29, 1.82) is 0 Å². The number of halogens is 1. The first-order chi connectivity index (χ1) is 9.10. The molecule has 0 radical (unpaired) electrons. The fourth-order valence-corrected chi connectivity index (χ4v) is 1.61. The number of hydrogen-bond acceptors (Lipinski definition) is 4. The SMILES string of the molecule is COCC(O)CCNC(=O)c1c(F)cccc1OC. The molecule has 1 aromatic rings. The average Bonchev–Trinajstić information content (AvgIpc) is 2.38. The molecule has 0 spiro atoms. The van der Waals surface area contributed by atoms with Gasteiger partial charge in [0.2, 0.25) is 0 Å². The Morgan fingerprint density at radius 2 is 2.21 bits per heavy atom. The molecule has 1 rings (SSSR count). The minimum absolute atomic E-state index is 0.133. The van der Waals surface area contributed by atoms with E-state index in [0.29, 0.717) is 6.42 Å². The molecule has 0 saturated carbocycles. The maximum atomic E-state index is 13.6. The molecule has 0 heterocycles. The van der Waals surface area contributed by atoms with Crippen molar-refractivity contribution < 1.29 is 23.8 Å². The van der Waals surface area contributed by atoms with Gasteiger partial charge in [-0.05, 0) is 18.6 Å². The number of carbonyl (C=O) groups is 1. The third kappa shape index (κ3) is 4.50. The maximum Gasteiger partial charge on any atom is 0.258 e. The molecule has 0 aliphatic heterocycles. The first-order valence-electron chi connectivity index (χ1n) is 5.87. The van der Waals surface area contributed by atoms with Crippen molar-refractivity contribution in [1.82, 2.24) is 5.32 Å². The van der Waals surface area contributed by atoms with Gasteiger partial charge in [-0.25, -0.2) is 4.39 Å². The van der Waals surface area contributed by atoms with E-state index in [2.05, 4.69) is 5.32 Å². The number of nitrogens with one attached hydrogen (secondary N) is 1. The van der Waals surface area contributed by atoms with Crippen LogP contribution in [0.25, 0.3) is 0 Å². The minimum atomic E-state index is -0.659. The van der Waals surface area contributed by atoms with E-state index in [-0.39, 0.29) is 24.5 Å². The normalized spacial score (nSPS) is 12.0. The zero-order chi connectivity index (χ0) is 14.3. The van der Waals surface area contributed by atoms with E-state index in [1.54, 1.807) is 0 Å². The number of ether oxygens (including phenoxy) is 2. The van der Waals surface area contributed by atoms with Gasteiger partial charge in [0.05, 0.1) is 19.8 Å². The molecule has 5 nitrogen and oxygen atoms in total. The summed E-state index contributed by atoms with van der Waals surface area (Å²) in [5.41, 5.74) is -0.133. The second-order valence-corrected chi connectivity index (χ2v) is 3.97. The van der Waals surface area contributed by atoms with Crippen LogP contribution < -0.4 is 10.1 Å². The third-order valence-corrected chi connectivity index (χ3v) is 2.54. The number of methoxy groups -OCH3 is 2. The summed E-state index contributed by atoms with van der Waals surface area (Å²) in [6, 6.07) is 4.17. The lowest BCUT2D eigenvalue weighted by Crippen LogP contribution is -2.29. The Bertz CT molecular complexity index is 425. The van der Waals surface area contributed by atoms with Crippen molar-refractivity contribution in [3.63, 3.8) is 0 Å². The first kappa shape index (κ1) is 15.4. The molecule has 1 amide bonds. The summed E-state index contributed by atoms with van der Waals surface area (Å²) >= 11 is 0. The molecule has 0 aliphatic rings. The van der Waals surface area contributed by atoms with Gasteiger partial charge in [0.25, 0.3) is 5.91 Å². The van der Waals surface area contributed by atoms with Gasteiger partial charge in [0, 0.05) is 13.7 Å². The Labute approximate surface area is 111 Å². The summed E-state index contributed by atoms with van der Waals surface area (Å²) < 4.78 is 23.3. The molecule has 0 aromatic heterocycles. The number of benzene rings is 1. The van der Waals surface area contributed by atoms with Crippen molar-refractivity contribution >= 4 is 5.91 Å². The van der Waals surface area contributed by atoms with Crippen molar-refractivity contribution in [2.45, 2.75) is 12.5 Å². The van der Waals surface area contributed by atoms with E-state index in [9.17, 15) is 14.3 Å². The van der Waals surface area contributed by atoms with E-state index in [0.717, 1.165) is 0 Å². The van der Waals surface area contributed by atoms with E-state index >= 15 is 0 Å². The largest absolute Gasteiger partial charge is 0.496 e. The quantitative estimate of drug-likeness (QED) is 0.775. The highest BCUT2D eigenvalue weighted by atomic mass is 19.1. The summed E-state index contributed by atoms with van der Waals surface area (Å²) in [6.07, 6.45) is -0.330. The molecule has 2 N–H and O–H groups in total. The Kier molecular flexibility index (Phi) is 6.24. The van der Waals surface area contributed by atoms with Crippen LogP contribution in [-0.2, 0) is 4.74 Å². The van der Waals surface area contributed by atoms with Gasteiger partial charge in [-0.1, -0.05) is 6.07 Å². The average molecular weight is 271 g/mol. The van der Waals surface area contributed by atoms with Crippen molar-refractivity contribution in [3.8, 4) is 5.75 Å². The minimum Gasteiger partial charge on any atom is -0.496 e. The van der Waals surface area contributed by atoms with E-state index < -0.39 is 17.8 Å². The van der Waals surface area contributed by atoms with Crippen LogP contribution in [0.2, 0.25) is 0 Å². The van der Waals surface area contributed by atoms with Crippen LogP contribution in [0, 0.1) is 5.82 Å². The zero-order valence-electron chi connectivity index (χ0n) is 11.0. The van der Waals surface area contributed by atoms with E-state index in [1.807, 2.05) is 0 Å². The van der Waals surface area contributed by atoms with Crippen LogP contribution in [0.5, 0.6) is 5.75 Å². The first-order valence-corrected chi connectivity index (χ1v) is 5.87. The van der Waals surface area contributed by atoms with Crippen LogP contribution in [0.3, 0.4) is 0 Å². The van der Waals surface area contributed by atoms with Crippen LogP contribution in [0.4, 0.5) is 4.39 Å². The lowest BCUT2D eigenvalue weighted by Gasteiger charge is -2.12. The fourth-order valence-electron chi connectivity index (χ4n) is 1.61. The molecule has 0 aliphatic carbocycles. The van der Waals surface area contributed by atoms with Crippen LogP contribution >= 0.6 is 0 Å². The van der Waals surface area contributed by atoms with Gasteiger partial charge in [0.15, 0.2) is 0 Å². The molecule has 6 heteroatoms. The number of carbonyl (C=O) groups excluding carboxylic acids is 1. The zero-order valence-corrected chi connectivity index (χ0v) is 11.0. The third-order valence-electron chi connectivity index (χ3n) is 2.54. The predicted octanol–water partition coefficient (Wildman–Crippen LogP) is 0.961. The molecular formula is C13H18FNO4. The Hall–Kier alpha value is -1.66. The molecule has 1 atom stereocenters. The predicted molar refractivity (Wildman–Crippen MR) is 67.8 cm³/mol. The lowest BCUT2D eigenvalue weighted by molar-refractivity contribution is 0.0587. The van der Waals surface area contributed by atoms with Gasteiger partial charge in [-0.15, -0.1) is 0 Å². The highest BCUT2D eigenvalue weighted by Crippen LogP contribution is 2.20. The summed E-state index contributed by atoms with van der Waals surface area (Å²) in [4.78, 5) is 11.8. The van der Waals surface area contributed by atoms with Gasteiger partial charge in [-0.3, -0.25) is 4.79 Å². The maximum absolute atomic E-state index is 13.6. The molecular weight excluding hydrogens is 253 g/mol. The number of aliphatic hydroxyl groups is 1. The topological polar surface area (TPSA) is 67.8 Å². The number of aliphatic hydroxyl groups excluding tert-OH is 1.